The molecule has 0 aliphatic rings. The molecule has 1 aromatic heterocycles. The van der Waals surface area contributed by atoms with Gasteiger partial charge in [-0.05, 0) is 12.1 Å². The van der Waals surface area contributed by atoms with E-state index >= 15 is 0 Å². The molecule has 0 amide bonds. The summed E-state index contributed by atoms with van der Waals surface area (Å²) < 4.78 is 10.3. The number of nitrogens with one attached hydrogen (secondary N) is 1. The van der Waals surface area contributed by atoms with Gasteiger partial charge in [0.2, 0.25) is 11.8 Å². The summed E-state index contributed by atoms with van der Waals surface area (Å²) in [7, 11) is 1.55. The molecule has 0 saturated heterocycles. The van der Waals surface area contributed by atoms with Crippen LogP contribution in [0.25, 0.3) is 11.5 Å². The number of aromatic nitrogens is 2. The predicted octanol–water partition coefficient (Wildman–Crippen LogP) is 0.833. The average Bonchev–Trinajstić information content (AvgIpc) is 2.89. The minimum Gasteiger partial charge on any atom is -0.419 e. The number of aliphatic hydroxyl groups is 1. The summed E-state index contributed by atoms with van der Waals surface area (Å²) in [6.07, 6.45) is -0.540. The van der Waals surface area contributed by atoms with Crippen molar-refractivity contribution in [2.75, 3.05) is 20.3 Å². The number of hydrogen-bond donors (Lipinski definition) is 2. The van der Waals surface area contributed by atoms with Crippen LogP contribution in [0.5, 0.6) is 0 Å². The van der Waals surface area contributed by atoms with E-state index in [1.165, 1.54) is 0 Å². The SMILES string of the molecule is COCC(O)CNCc1nnc(-c2ccccc2)o1. The normalized spacial score (nSPS) is 12.5. The summed E-state index contributed by atoms with van der Waals surface area (Å²) in [5.41, 5.74) is 0.890. The summed E-state index contributed by atoms with van der Waals surface area (Å²) >= 11 is 0. The Morgan fingerprint density at radius 1 is 1.32 bits per heavy atom. The lowest BCUT2D eigenvalue weighted by Crippen LogP contribution is -2.29. The number of nitrogens with zero attached hydrogens (tertiary/aromatic N) is 2. The molecule has 2 aromatic rings. The third-order valence-electron chi connectivity index (χ3n) is 2.50. The first-order chi connectivity index (χ1) is 9.29. The molecule has 0 aliphatic heterocycles. The van der Waals surface area contributed by atoms with Crippen LogP contribution in [0.1, 0.15) is 5.89 Å². The molecule has 1 aromatic carbocycles. The van der Waals surface area contributed by atoms with Crippen LogP contribution in [0.15, 0.2) is 34.7 Å². The standard InChI is InChI=1S/C13H17N3O3/c1-18-9-11(17)7-14-8-12-15-16-13(19-12)10-5-3-2-4-6-10/h2-6,11,14,17H,7-9H2,1H3. The largest absolute Gasteiger partial charge is 0.419 e. The van der Waals surface area contributed by atoms with Gasteiger partial charge in [-0.2, -0.15) is 0 Å². The summed E-state index contributed by atoms with van der Waals surface area (Å²) in [5.74, 6) is 0.985. The molecule has 6 nitrogen and oxygen atoms in total. The van der Waals surface area contributed by atoms with Gasteiger partial charge in [0.1, 0.15) is 0 Å². The Labute approximate surface area is 111 Å². The molecule has 0 aliphatic carbocycles. The number of hydrogen-bond acceptors (Lipinski definition) is 6. The van der Waals surface area contributed by atoms with Gasteiger partial charge < -0.3 is 19.6 Å². The lowest BCUT2D eigenvalue weighted by molar-refractivity contribution is 0.0640. The van der Waals surface area contributed by atoms with Gasteiger partial charge in [0.15, 0.2) is 0 Å². The van der Waals surface area contributed by atoms with Crippen molar-refractivity contribution >= 4 is 0 Å². The van der Waals surface area contributed by atoms with Gasteiger partial charge in [0.25, 0.3) is 0 Å². The van der Waals surface area contributed by atoms with Crippen molar-refractivity contribution in [2.24, 2.45) is 0 Å². The van der Waals surface area contributed by atoms with Crippen LogP contribution in [0.4, 0.5) is 0 Å². The highest BCUT2D eigenvalue weighted by Crippen LogP contribution is 2.16. The van der Waals surface area contributed by atoms with Gasteiger partial charge in [0.05, 0.1) is 19.3 Å². The lowest BCUT2D eigenvalue weighted by Gasteiger charge is -2.08. The second-order valence-corrected chi connectivity index (χ2v) is 4.11. The molecule has 19 heavy (non-hydrogen) atoms. The van der Waals surface area contributed by atoms with E-state index in [9.17, 15) is 5.11 Å². The van der Waals surface area contributed by atoms with Crippen LogP contribution in [0.3, 0.4) is 0 Å². The first-order valence-electron chi connectivity index (χ1n) is 6.05. The highest BCUT2D eigenvalue weighted by molar-refractivity contribution is 5.51. The van der Waals surface area contributed by atoms with E-state index in [0.29, 0.717) is 31.5 Å². The van der Waals surface area contributed by atoms with Gasteiger partial charge in [0, 0.05) is 19.2 Å². The van der Waals surface area contributed by atoms with E-state index in [4.69, 9.17) is 9.15 Å². The molecule has 2 N–H and O–H groups in total. The van der Waals surface area contributed by atoms with Gasteiger partial charge in [-0.3, -0.25) is 0 Å². The van der Waals surface area contributed by atoms with Crippen LogP contribution in [-0.4, -0.2) is 41.7 Å². The molecule has 0 radical (unpaired) electrons. The number of methoxy groups -OCH3 is 1. The monoisotopic (exact) mass is 263 g/mol. The third-order valence-corrected chi connectivity index (χ3v) is 2.50. The first kappa shape index (κ1) is 13.7. The summed E-state index contributed by atoms with van der Waals surface area (Å²) in [5, 5.41) is 20.4. The van der Waals surface area contributed by atoms with Crippen molar-refractivity contribution in [1.29, 1.82) is 0 Å². The van der Waals surface area contributed by atoms with E-state index < -0.39 is 6.10 Å². The average molecular weight is 263 g/mol. The van der Waals surface area contributed by atoms with E-state index in [0.717, 1.165) is 5.56 Å². The number of rotatable bonds is 7. The fourth-order valence-corrected chi connectivity index (χ4v) is 1.62. The van der Waals surface area contributed by atoms with E-state index in [-0.39, 0.29) is 0 Å². The Morgan fingerprint density at radius 3 is 2.84 bits per heavy atom. The predicted molar refractivity (Wildman–Crippen MR) is 69.3 cm³/mol. The number of benzene rings is 1. The summed E-state index contributed by atoms with van der Waals surface area (Å²) in [6.45, 7) is 1.13. The smallest absolute Gasteiger partial charge is 0.247 e. The van der Waals surface area contributed by atoms with Crippen LogP contribution in [0, 0.1) is 0 Å². The molecule has 6 heteroatoms. The van der Waals surface area contributed by atoms with Gasteiger partial charge in [-0.15, -0.1) is 10.2 Å². The molecule has 102 valence electrons. The maximum absolute atomic E-state index is 9.46. The minimum atomic E-state index is -0.540. The Morgan fingerprint density at radius 2 is 2.11 bits per heavy atom. The second-order valence-electron chi connectivity index (χ2n) is 4.11. The van der Waals surface area contributed by atoms with Gasteiger partial charge in [-0.1, -0.05) is 18.2 Å². The molecule has 0 bridgehead atoms. The van der Waals surface area contributed by atoms with Gasteiger partial charge >= 0.3 is 0 Å². The molecule has 0 spiro atoms. The number of ether oxygens (including phenoxy) is 1. The first-order valence-corrected chi connectivity index (χ1v) is 6.05. The quantitative estimate of drug-likeness (QED) is 0.770. The second kappa shape index (κ2) is 6.98. The highest BCUT2D eigenvalue weighted by Gasteiger charge is 2.08. The molecule has 0 saturated carbocycles. The molecular weight excluding hydrogens is 246 g/mol. The van der Waals surface area contributed by atoms with Crippen molar-refractivity contribution in [3.8, 4) is 11.5 Å². The van der Waals surface area contributed by atoms with Crippen molar-refractivity contribution < 1.29 is 14.3 Å². The van der Waals surface area contributed by atoms with Gasteiger partial charge in [-0.25, -0.2) is 0 Å². The Balaban J connectivity index is 1.85. The fourth-order valence-electron chi connectivity index (χ4n) is 1.62. The van der Waals surface area contributed by atoms with Crippen LogP contribution in [0.2, 0.25) is 0 Å². The molecule has 1 atom stereocenters. The van der Waals surface area contributed by atoms with Crippen molar-refractivity contribution in [2.45, 2.75) is 12.6 Å². The summed E-state index contributed by atoms with van der Waals surface area (Å²) in [4.78, 5) is 0. The Kier molecular flexibility index (Phi) is 5.02. The zero-order valence-corrected chi connectivity index (χ0v) is 10.7. The van der Waals surface area contributed by atoms with Crippen LogP contribution < -0.4 is 5.32 Å². The fraction of sp³-hybridized carbons (Fsp3) is 0.385. The van der Waals surface area contributed by atoms with E-state index in [2.05, 4.69) is 15.5 Å². The molecule has 2 rings (SSSR count). The number of aliphatic hydroxyl groups excluding tert-OH is 1. The van der Waals surface area contributed by atoms with Crippen LogP contribution >= 0.6 is 0 Å². The van der Waals surface area contributed by atoms with Crippen molar-refractivity contribution in [3.05, 3.63) is 36.2 Å². The molecule has 1 heterocycles. The maximum atomic E-state index is 9.46. The van der Waals surface area contributed by atoms with Crippen molar-refractivity contribution in [1.82, 2.24) is 15.5 Å². The third kappa shape index (κ3) is 4.13. The van der Waals surface area contributed by atoms with E-state index in [1.54, 1.807) is 7.11 Å². The lowest BCUT2D eigenvalue weighted by atomic mass is 10.2. The zero-order chi connectivity index (χ0) is 13.5. The highest BCUT2D eigenvalue weighted by atomic mass is 16.5. The van der Waals surface area contributed by atoms with Crippen LogP contribution in [-0.2, 0) is 11.3 Å². The Bertz CT molecular complexity index is 487. The molecule has 1 unspecified atom stereocenters. The van der Waals surface area contributed by atoms with Crippen molar-refractivity contribution in [3.63, 3.8) is 0 Å². The summed E-state index contributed by atoms with van der Waals surface area (Å²) in [6, 6.07) is 9.58. The Hall–Kier alpha value is -1.76. The zero-order valence-electron chi connectivity index (χ0n) is 10.7. The maximum Gasteiger partial charge on any atom is 0.247 e. The van der Waals surface area contributed by atoms with E-state index in [1.807, 2.05) is 30.3 Å². The topological polar surface area (TPSA) is 80.4 Å². The molecular formula is C13H17N3O3. The minimum absolute atomic E-state index is 0.298. The molecule has 0 fully saturated rings.